The number of piperazine rings is 1. The molecule has 1 aromatic carbocycles. The third kappa shape index (κ3) is 4.71. The molecule has 3 amide bonds. The maximum absolute atomic E-state index is 13.7. The number of hydrogen-bond acceptors (Lipinski definition) is 8. The monoisotopic (exact) mass is 563 g/mol. The number of ether oxygens (including phenoxy) is 2. The number of carbonyl (C=O) groups is 3. The van der Waals surface area contributed by atoms with Crippen molar-refractivity contribution in [1.82, 2.24) is 14.7 Å². The molecule has 4 atom stereocenters. The minimum absolute atomic E-state index is 0.195. The number of morpholine rings is 1. The fourth-order valence-corrected chi connectivity index (χ4v) is 6.83. The van der Waals surface area contributed by atoms with Crippen molar-refractivity contribution < 1.29 is 37.0 Å². The molecule has 4 fully saturated rings. The van der Waals surface area contributed by atoms with E-state index in [0.29, 0.717) is 58.5 Å². The average Bonchev–Trinajstić information content (AvgIpc) is 3.27. The Morgan fingerprint density at radius 2 is 1.62 bits per heavy atom. The SMILES string of the molecule is CCOC(=O)N1CCN(CCN2CC3(C)OC(C)(C2)C2C(=O)N(c4ccc(C#N)c(C(F)(F)F)c4)C(=O)C23)CC1. The van der Waals surface area contributed by atoms with Crippen molar-refractivity contribution in [1.29, 1.82) is 5.26 Å². The summed E-state index contributed by atoms with van der Waals surface area (Å²) in [5, 5.41) is 9.11. The van der Waals surface area contributed by atoms with Crippen LogP contribution in [0, 0.1) is 23.2 Å². The smallest absolute Gasteiger partial charge is 0.417 e. The van der Waals surface area contributed by atoms with Gasteiger partial charge in [0.05, 0.1) is 52.5 Å². The van der Waals surface area contributed by atoms with Crippen LogP contribution in [0.15, 0.2) is 18.2 Å². The fourth-order valence-electron chi connectivity index (χ4n) is 6.83. The van der Waals surface area contributed by atoms with Gasteiger partial charge in [-0.25, -0.2) is 9.69 Å². The lowest BCUT2D eigenvalue weighted by molar-refractivity contribution is -0.169. The third-order valence-electron chi connectivity index (χ3n) is 8.48. The molecule has 4 unspecified atom stereocenters. The molecule has 0 spiro atoms. The van der Waals surface area contributed by atoms with Gasteiger partial charge >= 0.3 is 12.3 Å². The van der Waals surface area contributed by atoms with E-state index in [0.717, 1.165) is 17.5 Å². The zero-order valence-electron chi connectivity index (χ0n) is 22.7. The number of alkyl halides is 3. The molecule has 5 rings (SSSR count). The highest BCUT2D eigenvalue weighted by Gasteiger charge is 2.71. The van der Waals surface area contributed by atoms with E-state index in [1.807, 2.05) is 0 Å². The Labute approximate surface area is 230 Å². The molecule has 0 saturated carbocycles. The number of benzene rings is 1. The minimum Gasteiger partial charge on any atom is -0.450 e. The predicted octanol–water partition coefficient (Wildman–Crippen LogP) is 2.32. The fraction of sp³-hybridized carbons (Fsp3) is 0.630. The number of likely N-dealkylation sites (tertiary alicyclic amines) is 1. The van der Waals surface area contributed by atoms with Gasteiger partial charge in [-0.05, 0) is 39.0 Å². The summed E-state index contributed by atoms with van der Waals surface area (Å²) in [6, 6.07) is 4.41. The highest BCUT2D eigenvalue weighted by Crippen LogP contribution is 2.55. The van der Waals surface area contributed by atoms with Gasteiger partial charge in [-0.3, -0.25) is 19.4 Å². The van der Waals surface area contributed by atoms with Crippen molar-refractivity contribution in [2.75, 3.05) is 63.9 Å². The van der Waals surface area contributed by atoms with E-state index in [2.05, 4.69) is 9.80 Å². The number of nitrogens with zero attached hydrogens (tertiary/aromatic N) is 5. The van der Waals surface area contributed by atoms with Gasteiger partial charge in [0, 0.05) is 52.4 Å². The number of amides is 3. The Morgan fingerprint density at radius 3 is 2.15 bits per heavy atom. The number of fused-ring (bicyclic) bond motifs is 5. The van der Waals surface area contributed by atoms with Crippen LogP contribution in [0.2, 0.25) is 0 Å². The molecular weight excluding hydrogens is 531 g/mol. The topological polar surface area (TPSA) is 106 Å². The molecule has 2 bridgehead atoms. The van der Waals surface area contributed by atoms with Gasteiger partial charge in [-0.2, -0.15) is 18.4 Å². The van der Waals surface area contributed by atoms with Crippen LogP contribution >= 0.6 is 0 Å². The van der Waals surface area contributed by atoms with E-state index in [1.165, 1.54) is 12.1 Å². The molecule has 0 radical (unpaired) electrons. The van der Waals surface area contributed by atoms with Crippen molar-refractivity contribution in [2.24, 2.45) is 11.8 Å². The Kier molecular flexibility index (Phi) is 7.09. The Bertz CT molecular complexity index is 1220. The molecule has 13 heteroatoms. The van der Waals surface area contributed by atoms with Gasteiger partial charge in [0.2, 0.25) is 11.8 Å². The molecule has 0 N–H and O–H groups in total. The minimum atomic E-state index is -4.81. The van der Waals surface area contributed by atoms with Crippen LogP contribution in [0.25, 0.3) is 0 Å². The molecule has 1 aromatic rings. The van der Waals surface area contributed by atoms with Gasteiger partial charge in [-0.1, -0.05) is 0 Å². The van der Waals surface area contributed by atoms with Gasteiger partial charge < -0.3 is 14.4 Å². The summed E-state index contributed by atoms with van der Waals surface area (Å²) in [5.41, 5.74) is -3.96. The first-order valence-corrected chi connectivity index (χ1v) is 13.4. The van der Waals surface area contributed by atoms with Gasteiger partial charge in [0.1, 0.15) is 0 Å². The van der Waals surface area contributed by atoms with E-state index in [1.54, 1.807) is 25.7 Å². The van der Waals surface area contributed by atoms with Gasteiger partial charge in [0.25, 0.3) is 0 Å². The van der Waals surface area contributed by atoms with E-state index in [4.69, 9.17) is 14.7 Å². The lowest BCUT2D eigenvalue weighted by atomic mass is 9.79. The van der Waals surface area contributed by atoms with Crippen LogP contribution in [0.5, 0.6) is 0 Å². The third-order valence-corrected chi connectivity index (χ3v) is 8.48. The van der Waals surface area contributed by atoms with Crippen LogP contribution in [-0.2, 0) is 25.2 Å². The molecular formula is C27H32F3N5O5. The summed E-state index contributed by atoms with van der Waals surface area (Å²) in [6.45, 7) is 10.4. The summed E-state index contributed by atoms with van der Waals surface area (Å²) >= 11 is 0. The molecule has 0 aliphatic carbocycles. The van der Waals surface area contributed by atoms with E-state index in [-0.39, 0.29) is 11.8 Å². The van der Waals surface area contributed by atoms with Crippen molar-refractivity contribution >= 4 is 23.6 Å². The lowest BCUT2D eigenvalue weighted by Crippen LogP contribution is -2.59. The van der Waals surface area contributed by atoms with Crippen molar-refractivity contribution in [3.05, 3.63) is 29.3 Å². The molecule has 4 saturated heterocycles. The molecule has 40 heavy (non-hydrogen) atoms. The number of hydrogen-bond donors (Lipinski definition) is 0. The second-order valence-electron chi connectivity index (χ2n) is 11.3. The Morgan fingerprint density at radius 1 is 1.05 bits per heavy atom. The maximum Gasteiger partial charge on any atom is 0.417 e. The van der Waals surface area contributed by atoms with Crippen LogP contribution in [0.4, 0.5) is 23.7 Å². The van der Waals surface area contributed by atoms with E-state index >= 15 is 0 Å². The molecule has 216 valence electrons. The second kappa shape index (κ2) is 10.0. The Hall–Kier alpha value is -3.21. The molecule has 10 nitrogen and oxygen atoms in total. The van der Waals surface area contributed by atoms with E-state index in [9.17, 15) is 27.6 Å². The largest absolute Gasteiger partial charge is 0.450 e. The summed E-state index contributed by atoms with van der Waals surface area (Å²) in [4.78, 5) is 46.2. The average molecular weight is 564 g/mol. The van der Waals surface area contributed by atoms with Crippen LogP contribution in [0.1, 0.15) is 31.9 Å². The summed E-state index contributed by atoms with van der Waals surface area (Å²) in [5.74, 6) is -2.85. The number of anilines is 1. The first-order valence-electron chi connectivity index (χ1n) is 13.4. The summed E-state index contributed by atoms with van der Waals surface area (Å²) in [7, 11) is 0. The lowest BCUT2D eigenvalue weighted by Gasteiger charge is -2.45. The Balaban J connectivity index is 1.29. The highest BCUT2D eigenvalue weighted by molar-refractivity contribution is 6.23. The highest BCUT2D eigenvalue weighted by atomic mass is 19.4. The number of halogens is 3. The molecule has 4 heterocycles. The van der Waals surface area contributed by atoms with Gasteiger partial charge in [0.15, 0.2) is 0 Å². The predicted molar refractivity (Wildman–Crippen MR) is 135 cm³/mol. The van der Waals surface area contributed by atoms with Crippen LogP contribution in [-0.4, -0.2) is 103 Å². The number of rotatable bonds is 5. The zero-order chi connectivity index (χ0) is 29.0. The maximum atomic E-state index is 13.7. The summed E-state index contributed by atoms with van der Waals surface area (Å²) in [6.07, 6.45) is -5.12. The first kappa shape index (κ1) is 28.3. The first-order chi connectivity index (χ1) is 18.8. The van der Waals surface area contributed by atoms with Crippen LogP contribution < -0.4 is 4.90 Å². The van der Waals surface area contributed by atoms with Gasteiger partial charge in [-0.15, -0.1) is 0 Å². The van der Waals surface area contributed by atoms with Crippen molar-refractivity contribution in [3.63, 3.8) is 0 Å². The normalized spacial score (nSPS) is 30.9. The molecule has 4 aliphatic rings. The zero-order valence-corrected chi connectivity index (χ0v) is 22.7. The molecule has 4 aliphatic heterocycles. The second-order valence-corrected chi connectivity index (χ2v) is 11.3. The van der Waals surface area contributed by atoms with Crippen molar-refractivity contribution in [3.8, 4) is 6.07 Å². The quantitative estimate of drug-likeness (QED) is 0.503. The van der Waals surface area contributed by atoms with E-state index < -0.39 is 52.2 Å². The number of carbonyl (C=O) groups excluding carboxylic acids is 3. The molecule has 0 aromatic heterocycles. The number of imide groups is 1. The number of nitriles is 1. The van der Waals surface area contributed by atoms with Crippen molar-refractivity contribution in [2.45, 2.75) is 38.1 Å². The van der Waals surface area contributed by atoms with Crippen LogP contribution in [0.3, 0.4) is 0 Å². The standard InChI is InChI=1S/C27H32F3N5O5/c1-4-39-24(38)34-11-9-32(10-12-34)7-8-33-15-25(2)20-21(26(3,16-33)40-25)23(37)35(22(20)36)18-6-5-17(14-31)19(13-18)27(28,29)30/h5-6,13,20-21H,4,7-12,15-16H2,1-3H3. The summed E-state index contributed by atoms with van der Waals surface area (Å²) < 4.78 is 52.2.